The smallest absolute Gasteiger partial charge is 0.195 e. The van der Waals surface area contributed by atoms with Crippen LogP contribution in [-0.4, -0.2) is 0 Å². The highest BCUT2D eigenvalue weighted by Crippen LogP contribution is 2.24. The molecule has 1 aromatic carbocycles. The second-order valence-electron chi connectivity index (χ2n) is 4.82. The van der Waals surface area contributed by atoms with E-state index in [1.54, 1.807) is 0 Å². The largest absolute Gasteiger partial charge is 0.216 e. The van der Waals surface area contributed by atoms with Crippen LogP contribution in [0.25, 0.3) is 10.9 Å². The molecule has 0 spiro atoms. The summed E-state index contributed by atoms with van der Waals surface area (Å²) in [4.78, 5) is 0. The second-order valence-corrected chi connectivity index (χ2v) is 4.82. The predicted molar refractivity (Wildman–Crippen MR) is 66.6 cm³/mol. The average Bonchev–Trinajstić information content (AvgIpc) is 2.75. The molecule has 0 saturated carbocycles. The molecule has 1 nitrogen and oxygen atoms in total. The van der Waals surface area contributed by atoms with E-state index in [1.807, 2.05) is 0 Å². The minimum absolute atomic E-state index is 0.663. The summed E-state index contributed by atoms with van der Waals surface area (Å²) in [5, 5.41) is 1.39. The van der Waals surface area contributed by atoms with Crippen molar-refractivity contribution in [2.45, 2.75) is 39.2 Å². The molecule has 1 unspecified atom stereocenters. The average molecular weight is 212 g/mol. The molecule has 1 atom stereocenters. The normalized spacial score (nSPS) is 15.6. The second kappa shape index (κ2) is 3.58. The van der Waals surface area contributed by atoms with Gasteiger partial charge in [0, 0.05) is 29.4 Å². The summed E-state index contributed by atoms with van der Waals surface area (Å²) >= 11 is 0. The number of pyridine rings is 1. The molecule has 1 heteroatoms. The van der Waals surface area contributed by atoms with E-state index in [0.29, 0.717) is 5.92 Å². The van der Waals surface area contributed by atoms with Gasteiger partial charge in [-0.25, -0.2) is 0 Å². The Labute approximate surface area is 96.7 Å². The van der Waals surface area contributed by atoms with E-state index in [-0.39, 0.29) is 0 Å². The van der Waals surface area contributed by atoms with Gasteiger partial charge in [-0.2, -0.15) is 4.57 Å². The Kier molecular flexibility index (Phi) is 2.20. The maximum atomic E-state index is 2.53. The number of aromatic nitrogens is 1. The van der Waals surface area contributed by atoms with Crippen molar-refractivity contribution in [3.05, 3.63) is 41.6 Å². The summed E-state index contributed by atoms with van der Waals surface area (Å²) in [6.07, 6.45) is 2.42. The quantitative estimate of drug-likeness (QED) is 0.673. The third-order valence-corrected chi connectivity index (χ3v) is 3.89. The number of aryl methyl sites for hydroxylation is 2. The highest BCUT2D eigenvalue weighted by Gasteiger charge is 2.26. The molecule has 0 radical (unpaired) electrons. The van der Waals surface area contributed by atoms with Gasteiger partial charge in [0.25, 0.3) is 0 Å². The van der Waals surface area contributed by atoms with Gasteiger partial charge in [-0.05, 0) is 18.6 Å². The minimum Gasteiger partial charge on any atom is -0.195 e. The molecule has 3 rings (SSSR count). The summed E-state index contributed by atoms with van der Waals surface area (Å²) in [6, 6.07) is 11.3. The van der Waals surface area contributed by atoms with Crippen molar-refractivity contribution in [3.8, 4) is 0 Å². The molecule has 0 amide bonds. The molecular weight excluding hydrogens is 194 g/mol. The summed E-state index contributed by atoms with van der Waals surface area (Å²) in [7, 11) is 0. The van der Waals surface area contributed by atoms with E-state index in [2.05, 4.69) is 48.7 Å². The summed E-state index contributed by atoms with van der Waals surface area (Å²) in [5.74, 6) is 0.663. The third kappa shape index (κ3) is 1.27. The Morgan fingerprint density at radius 3 is 2.94 bits per heavy atom. The summed E-state index contributed by atoms with van der Waals surface area (Å²) in [5.41, 5.74) is 4.49. The van der Waals surface area contributed by atoms with Crippen molar-refractivity contribution in [1.29, 1.82) is 0 Å². The van der Waals surface area contributed by atoms with Crippen LogP contribution in [0.1, 0.15) is 37.4 Å². The highest BCUT2D eigenvalue weighted by atomic mass is 15.0. The minimum atomic E-state index is 0.663. The predicted octanol–water partition coefficient (Wildman–Crippen LogP) is 3.20. The molecular formula is C15H18N+. The van der Waals surface area contributed by atoms with E-state index in [0.717, 1.165) is 6.54 Å². The van der Waals surface area contributed by atoms with Gasteiger partial charge in [-0.15, -0.1) is 0 Å². The van der Waals surface area contributed by atoms with Gasteiger partial charge < -0.3 is 0 Å². The first kappa shape index (κ1) is 9.83. The molecule has 1 aromatic heterocycles. The molecule has 1 aliphatic rings. The lowest BCUT2D eigenvalue weighted by Crippen LogP contribution is -2.37. The first-order chi connectivity index (χ1) is 7.81. The molecule has 2 heterocycles. The van der Waals surface area contributed by atoms with Gasteiger partial charge in [0.15, 0.2) is 12.2 Å². The van der Waals surface area contributed by atoms with Crippen LogP contribution < -0.4 is 4.57 Å². The molecule has 0 fully saturated rings. The fourth-order valence-electron chi connectivity index (χ4n) is 2.78. The molecule has 2 aromatic rings. The van der Waals surface area contributed by atoms with Gasteiger partial charge >= 0.3 is 0 Å². The number of rotatable bonds is 2. The van der Waals surface area contributed by atoms with Gasteiger partial charge in [-0.1, -0.05) is 26.0 Å². The number of nitrogens with zero attached hydrogens (tertiary/aromatic N) is 1. The van der Waals surface area contributed by atoms with Gasteiger partial charge in [-0.3, -0.25) is 0 Å². The van der Waals surface area contributed by atoms with Crippen molar-refractivity contribution >= 4 is 10.9 Å². The van der Waals surface area contributed by atoms with Crippen LogP contribution >= 0.6 is 0 Å². The lowest BCUT2D eigenvalue weighted by atomic mass is 10.0. The Morgan fingerprint density at radius 1 is 1.25 bits per heavy atom. The monoisotopic (exact) mass is 212 g/mol. The number of hydrogen-bond acceptors (Lipinski definition) is 0. The molecule has 82 valence electrons. The zero-order valence-electron chi connectivity index (χ0n) is 10.0. The molecule has 0 aliphatic carbocycles. The lowest BCUT2D eigenvalue weighted by molar-refractivity contribution is -0.672. The fraction of sp³-hybridized carbons (Fsp3) is 0.400. The Hall–Kier alpha value is -1.37. The van der Waals surface area contributed by atoms with Crippen molar-refractivity contribution in [2.75, 3.05) is 0 Å². The highest BCUT2D eigenvalue weighted by molar-refractivity contribution is 5.79. The summed E-state index contributed by atoms with van der Waals surface area (Å²) in [6.45, 7) is 5.75. The van der Waals surface area contributed by atoms with E-state index < -0.39 is 0 Å². The zero-order chi connectivity index (χ0) is 11.1. The van der Waals surface area contributed by atoms with Crippen LogP contribution in [0.2, 0.25) is 0 Å². The van der Waals surface area contributed by atoms with E-state index in [1.165, 1.54) is 35.0 Å². The number of hydrogen-bond donors (Lipinski definition) is 0. The van der Waals surface area contributed by atoms with Crippen molar-refractivity contribution in [1.82, 2.24) is 0 Å². The van der Waals surface area contributed by atoms with Crippen LogP contribution in [0.15, 0.2) is 30.3 Å². The van der Waals surface area contributed by atoms with Gasteiger partial charge in [0.2, 0.25) is 5.52 Å². The maximum absolute atomic E-state index is 2.53. The maximum Gasteiger partial charge on any atom is 0.216 e. The first-order valence-corrected chi connectivity index (χ1v) is 6.25. The summed E-state index contributed by atoms with van der Waals surface area (Å²) < 4.78 is 2.53. The van der Waals surface area contributed by atoms with Gasteiger partial charge in [0.1, 0.15) is 0 Å². The molecule has 0 bridgehead atoms. The van der Waals surface area contributed by atoms with Gasteiger partial charge in [0.05, 0.1) is 0 Å². The molecule has 1 aliphatic heterocycles. The molecule has 16 heavy (non-hydrogen) atoms. The zero-order valence-corrected chi connectivity index (χ0v) is 10.0. The van der Waals surface area contributed by atoms with Crippen molar-refractivity contribution in [3.63, 3.8) is 0 Å². The van der Waals surface area contributed by atoms with Crippen LogP contribution in [0.3, 0.4) is 0 Å². The molecule has 0 N–H and O–H groups in total. The molecule has 0 saturated heterocycles. The SMILES string of the molecule is CCC(C)c1ccc2cccc3c2[n+]1CC3. The van der Waals surface area contributed by atoms with E-state index in [4.69, 9.17) is 0 Å². The first-order valence-electron chi connectivity index (χ1n) is 6.25. The standard InChI is InChI=1S/C15H18N/c1-3-11(2)14-8-7-12-5-4-6-13-9-10-16(14)15(12)13/h4-8,11H,3,9-10H2,1-2H3/q+1. The van der Waals surface area contributed by atoms with Crippen LogP contribution in [0.5, 0.6) is 0 Å². The van der Waals surface area contributed by atoms with Crippen LogP contribution in [0, 0.1) is 0 Å². The van der Waals surface area contributed by atoms with E-state index >= 15 is 0 Å². The Balaban J connectivity index is 2.30. The van der Waals surface area contributed by atoms with Crippen LogP contribution in [-0.2, 0) is 13.0 Å². The fourth-order valence-corrected chi connectivity index (χ4v) is 2.78. The van der Waals surface area contributed by atoms with E-state index in [9.17, 15) is 0 Å². The Morgan fingerprint density at radius 2 is 2.12 bits per heavy atom. The number of para-hydroxylation sites is 1. The van der Waals surface area contributed by atoms with Crippen molar-refractivity contribution < 1.29 is 4.57 Å². The Bertz CT molecular complexity index is 542. The topological polar surface area (TPSA) is 3.88 Å². The lowest BCUT2D eigenvalue weighted by Gasteiger charge is -2.08. The van der Waals surface area contributed by atoms with Crippen molar-refractivity contribution in [2.24, 2.45) is 0 Å². The van der Waals surface area contributed by atoms with Crippen LogP contribution in [0.4, 0.5) is 0 Å². The third-order valence-electron chi connectivity index (χ3n) is 3.89. The number of benzene rings is 1.